The molecule has 1 aliphatic heterocycles. The first-order valence-electron chi connectivity index (χ1n) is 5.99. The number of aryl methyl sites for hydroxylation is 1. The Kier molecular flexibility index (Phi) is 3.30. The summed E-state index contributed by atoms with van der Waals surface area (Å²) in [6.07, 6.45) is 2.86. The smallest absolute Gasteiger partial charge is 0.0694 e. The second kappa shape index (κ2) is 4.55. The van der Waals surface area contributed by atoms with Crippen molar-refractivity contribution in [2.24, 2.45) is 7.05 Å². The Morgan fingerprint density at radius 1 is 1.56 bits per heavy atom. The minimum atomic E-state index is -0.140. The normalized spacial score (nSPS) is 22.2. The predicted octanol–water partition coefficient (Wildman–Crippen LogP) is 1.11. The molecule has 90 valence electrons. The lowest BCUT2D eigenvalue weighted by Crippen LogP contribution is -2.22. The van der Waals surface area contributed by atoms with E-state index >= 15 is 0 Å². The Balaban J connectivity index is 2.08. The van der Waals surface area contributed by atoms with Crippen LogP contribution in [0.25, 0.3) is 0 Å². The van der Waals surface area contributed by atoms with Crippen LogP contribution in [0.3, 0.4) is 0 Å². The summed E-state index contributed by atoms with van der Waals surface area (Å²) in [5.74, 6) is 0.462. The van der Waals surface area contributed by atoms with Gasteiger partial charge in [-0.15, -0.1) is 0 Å². The Morgan fingerprint density at radius 3 is 2.88 bits per heavy atom. The molecule has 16 heavy (non-hydrogen) atoms. The molecule has 0 aromatic carbocycles. The quantitative estimate of drug-likeness (QED) is 0.834. The van der Waals surface area contributed by atoms with Crippen LogP contribution in [0.2, 0.25) is 0 Å². The Labute approximate surface area is 96.9 Å². The summed E-state index contributed by atoms with van der Waals surface area (Å²) >= 11 is 0. The molecule has 0 unspecified atom stereocenters. The van der Waals surface area contributed by atoms with Crippen LogP contribution >= 0.6 is 0 Å². The fraction of sp³-hybridized carbons (Fsp3) is 0.750. The number of β-amino-alcohol motifs (C(OH)–C–C–N with tert-alkyl or cyclic N) is 1. The minimum Gasteiger partial charge on any atom is -0.392 e. The first-order valence-corrected chi connectivity index (χ1v) is 5.99. The van der Waals surface area contributed by atoms with E-state index in [4.69, 9.17) is 0 Å². The molecule has 1 aromatic heterocycles. The molecule has 0 saturated carbocycles. The molecule has 0 radical (unpaired) electrons. The summed E-state index contributed by atoms with van der Waals surface area (Å²) in [4.78, 5) is 2.30. The largest absolute Gasteiger partial charge is 0.392 e. The van der Waals surface area contributed by atoms with E-state index in [0.29, 0.717) is 5.92 Å². The van der Waals surface area contributed by atoms with Crippen LogP contribution < -0.4 is 0 Å². The van der Waals surface area contributed by atoms with Crippen molar-refractivity contribution in [1.82, 2.24) is 14.7 Å². The van der Waals surface area contributed by atoms with Crippen LogP contribution in [0.1, 0.15) is 37.4 Å². The van der Waals surface area contributed by atoms with E-state index in [9.17, 15) is 5.11 Å². The van der Waals surface area contributed by atoms with Crippen molar-refractivity contribution < 1.29 is 5.11 Å². The number of aliphatic hydroxyl groups excluding tert-OH is 1. The molecular weight excluding hydrogens is 202 g/mol. The number of hydrogen-bond acceptors (Lipinski definition) is 3. The third kappa shape index (κ3) is 2.44. The molecule has 0 amide bonds. The molecule has 1 aromatic rings. The Hall–Kier alpha value is -0.870. The zero-order chi connectivity index (χ0) is 11.7. The van der Waals surface area contributed by atoms with Gasteiger partial charge in [-0.05, 0) is 12.3 Å². The van der Waals surface area contributed by atoms with Gasteiger partial charge in [0.15, 0.2) is 0 Å². The number of nitrogens with zero attached hydrogens (tertiary/aromatic N) is 3. The molecule has 4 nitrogen and oxygen atoms in total. The highest BCUT2D eigenvalue weighted by Crippen LogP contribution is 2.20. The lowest BCUT2D eigenvalue weighted by atomic mass is 10.1. The van der Waals surface area contributed by atoms with E-state index in [0.717, 1.165) is 26.1 Å². The van der Waals surface area contributed by atoms with Gasteiger partial charge in [0.1, 0.15) is 0 Å². The Morgan fingerprint density at radius 2 is 2.31 bits per heavy atom. The van der Waals surface area contributed by atoms with Gasteiger partial charge >= 0.3 is 0 Å². The molecule has 1 N–H and O–H groups in total. The number of likely N-dealkylation sites (tertiary alicyclic amines) is 1. The van der Waals surface area contributed by atoms with Gasteiger partial charge in [0.2, 0.25) is 0 Å². The van der Waals surface area contributed by atoms with Gasteiger partial charge in [-0.3, -0.25) is 9.58 Å². The molecule has 0 aliphatic carbocycles. The van der Waals surface area contributed by atoms with E-state index < -0.39 is 0 Å². The van der Waals surface area contributed by atoms with E-state index in [2.05, 4.69) is 30.0 Å². The molecule has 4 heteroatoms. The molecule has 0 spiro atoms. The Bertz CT molecular complexity index is 359. The predicted molar refractivity (Wildman–Crippen MR) is 63.2 cm³/mol. The summed E-state index contributed by atoms with van der Waals surface area (Å²) in [7, 11) is 1.97. The lowest BCUT2D eigenvalue weighted by Gasteiger charge is -2.15. The molecule has 1 atom stereocenters. The standard InChI is InChI=1S/C12H21N3O/c1-9(2)12-10(6-14(3)13-12)7-15-5-4-11(16)8-15/h6,9,11,16H,4-5,7-8H2,1-3H3/t11-/m0/s1. The van der Waals surface area contributed by atoms with Gasteiger partial charge < -0.3 is 5.11 Å². The number of aliphatic hydroxyl groups is 1. The van der Waals surface area contributed by atoms with Crippen molar-refractivity contribution in [1.29, 1.82) is 0 Å². The van der Waals surface area contributed by atoms with Gasteiger partial charge in [0.05, 0.1) is 11.8 Å². The zero-order valence-electron chi connectivity index (χ0n) is 10.3. The van der Waals surface area contributed by atoms with Crippen molar-refractivity contribution in [3.8, 4) is 0 Å². The minimum absolute atomic E-state index is 0.140. The fourth-order valence-corrected chi connectivity index (χ4v) is 2.36. The van der Waals surface area contributed by atoms with Crippen LogP contribution in [-0.4, -0.2) is 39.0 Å². The van der Waals surface area contributed by atoms with Crippen LogP contribution in [0.4, 0.5) is 0 Å². The summed E-state index contributed by atoms with van der Waals surface area (Å²) in [5, 5.41) is 14.0. The molecule has 2 rings (SSSR count). The maximum absolute atomic E-state index is 9.50. The van der Waals surface area contributed by atoms with Gasteiger partial charge in [0, 0.05) is 38.4 Å². The highest BCUT2D eigenvalue weighted by atomic mass is 16.3. The van der Waals surface area contributed by atoms with Crippen LogP contribution in [-0.2, 0) is 13.6 Å². The van der Waals surface area contributed by atoms with Crippen molar-refractivity contribution in [2.45, 2.75) is 38.8 Å². The summed E-state index contributed by atoms with van der Waals surface area (Å²) in [5.41, 5.74) is 2.48. The van der Waals surface area contributed by atoms with Crippen molar-refractivity contribution >= 4 is 0 Å². The van der Waals surface area contributed by atoms with Gasteiger partial charge in [-0.1, -0.05) is 13.8 Å². The zero-order valence-corrected chi connectivity index (χ0v) is 10.3. The molecule has 2 heterocycles. The van der Waals surface area contributed by atoms with Crippen LogP contribution in [0.5, 0.6) is 0 Å². The van der Waals surface area contributed by atoms with Crippen LogP contribution in [0, 0.1) is 0 Å². The van der Waals surface area contributed by atoms with E-state index in [1.165, 1.54) is 11.3 Å². The summed E-state index contributed by atoms with van der Waals surface area (Å²) in [6, 6.07) is 0. The first kappa shape index (κ1) is 11.6. The maximum atomic E-state index is 9.50. The average molecular weight is 223 g/mol. The number of hydrogen-bond donors (Lipinski definition) is 1. The molecule has 1 aliphatic rings. The molecule has 1 saturated heterocycles. The monoisotopic (exact) mass is 223 g/mol. The molecule has 1 fully saturated rings. The van der Waals surface area contributed by atoms with Crippen molar-refractivity contribution in [3.63, 3.8) is 0 Å². The van der Waals surface area contributed by atoms with Crippen molar-refractivity contribution in [3.05, 3.63) is 17.5 Å². The third-order valence-electron chi connectivity index (χ3n) is 3.13. The van der Waals surface area contributed by atoms with E-state index in [-0.39, 0.29) is 6.10 Å². The average Bonchev–Trinajstić information content (AvgIpc) is 2.74. The molecular formula is C12H21N3O. The second-order valence-electron chi connectivity index (χ2n) is 5.05. The van der Waals surface area contributed by atoms with E-state index in [1.807, 2.05) is 11.7 Å². The lowest BCUT2D eigenvalue weighted by molar-refractivity contribution is 0.174. The number of aromatic nitrogens is 2. The SMILES string of the molecule is CC(C)c1nn(C)cc1CN1CC[C@H](O)C1. The fourth-order valence-electron chi connectivity index (χ4n) is 2.36. The first-order chi connectivity index (χ1) is 7.56. The highest BCUT2D eigenvalue weighted by Gasteiger charge is 2.22. The third-order valence-corrected chi connectivity index (χ3v) is 3.13. The van der Waals surface area contributed by atoms with Gasteiger partial charge in [0.25, 0.3) is 0 Å². The van der Waals surface area contributed by atoms with Crippen LogP contribution in [0.15, 0.2) is 6.20 Å². The van der Waals surface area contributed by atoms with Gasteiger partial charge in [-0.2, -0.15) is 5.10 Å². The second-order valence-corrected chi connectivity index (χ2v) is 5.05. The number of rotatable bonds is 3. The summed E-state index contributed by atoms with van der Waals surface area (Å²) in [6.45, 7) is 7.05. The highest BCUT2D eigenvalue weighted by molar-refractivity contribution is 5.20. The molecule has 0 bridgehead atoms. The maximum Gasteiger partial charge on any atom is 0.0694 e. The van der Waals surface area contributed by atoms with Crippen molar-refractivity contribution in [2.75, 3.05) is 13.1 Å². The van der Waals surface area contributed by atoms with E-state index in [1.54, 1.807) is 0 Å². The topological polar surface area (TPSA) is 41.3 Å². The summed E-state index contributed by atoms with van der Waals surface area (Å²) < 4.78 is 1.89. The van der Waals surface area contributed by atoms with Gasteiger partial charge in [-0.25, -0.2) is 0 Å².